The Labute approximate surface area is 126 Å². The van der Waals surface area contributed by atoms with Crippen molar-refractivity contribution in [2.24, 2.45) is 5.92 Å². The van der Waals surface area contributed by atoms with Gasteiger partial charge in [0.15, 0.2) is 11.4 Å². The first-order valence-corrected chi connectivity index (χ1v) is 7.32. The normalized spacial score (nSPS) is 22.2. The Morgan fingerprint density at radius 3 is 3.05 bits per heavy atom. The summed E-state index contributed by atoms with van der Waals surface area (Å²) in [5, 5.41) is 3.44. The van der Waals surface area contributed by atoms with E-state index in [0.29, 0.717) is 16.9 Å². The highest BCUT2D eigenvalue weighted by Crippen LogP contribution is 2.30. The molecule has 0 aromatic carbocycles. The van der Waals surface area contributed by atoms with Gasteiger partial charge in [-0.15, -0.1) is 0 Å². The van der Waals surface area contributed by atoms with Crippen LogP contribution in [-0.4, -0.2) is 29.1 Å². The van der Waals surface area contributed by atoms with Gasteiger partial charge in [-0.25, -0.2) is 4.98 Å². The second-order valence-corrected chi connectivity index (χ2v) is 5.48. The van der Waals surface area contributed by atoms with Crippen LogP contribution < -0.4 is 5.32 Å². The number of carbonyl (C=O) groups is 1. The van der Waals surface area contributed by atoms with E-state index in [9.17, 15) is 4.79 Å². The standard InChI is InChI=1S/C14H16ClN3O3/c1-20-13(19)8-4-2-3-5-9(8)16-12-11-10(6-7-21-11)17-14(15)18-12/h6-9H,2-5H2,1H3,(H,16,17,18)/t8-,9-/m0/s1. The number of halogens is 1. The Morgan fingerprint density at radius 2 is 2.24 bits per heavy atom. The van der Waals surface area contributed by atoms with Crippen LogP contribution in [0.5, 0.6) is 0 Å². The lowest BCUT2D eigenvalue weighted by atomic mass is 9.84. The smallest absolute Gasteiger partial charge is 0.310 e. The number of furan rings is 1. The molecule has 0 aliphatic heterocycles. The fourth-order valence-corrected chi connectivity index (χ4v) is 3.02. The van der Waals surface area contributed by atoms with Gasteiger partial charge >= 0.3 is 5.97 Å². The van der Waals surface area contributed by atoms with E-state index >= 15 is 0 Å². The summed E-state index contributed by atoms with van der Waals surface area (Å²) in [6, 6.07) is 1.69. The molecule has 6 nitrogen and oxygen atoms in total. The van der Waals surface area contributed by atoms with Crippen molar-refractivity contribution in [3.05, 3.63) is 17.6 Å². The molecular weight excluding hydrogens is 294 g/mol. The van der Waals surface area contributed by atoms with Crippen LogP contribution >= 0.6 is 11.6 Å². The number of ether oxygens (including phenoxy) is 1. The van der Waals surface area contributed by atoms with Crippen molar-refractivity contribution in [3.8, 4) is 0 Å². The van der Waals surface area contributed by atoms with Gasteiger partial charge < -0.3 is 14.5 Å². The van der Waals surface area contributed by atoms with Gasteiger partial charge in [-0.1, -0.05) is 12.8 Å². The molecule has 2 aromatic heterocycles. The molecule has 7 heteroatoms. The maximum Gasteiger partial charge on any atom is 0.310 e. The largest absolute Gasteiger partial charge is 0.469 e. The van der Waals surface area contributed by atoms with Gasteiger partial charge in [0.2, 0.25) is 5.28 Å². The van der Waals surface area contributed by atoms with Gasteiger partial charge in [-0.05, 0) is 24.4 Å². The zero-order valence-electron chi connectivity index (χ0n) is 11.6. The van der Waals surface area contributed by atoms with E-state index in [4.69, 9.17) is 20.8 Å². The Morgan fingerprint density at radius 1 is 1.43 bits per heavy atom. The summed E-state index contributed by atoms with van der Waals surface area (Å²) in [4.78, 5) is 20.2. The molecule has 0 unspecified atom stereocenters. The molecule has 3 rings (SSSR count). The summed E-state index contributed by atoms with van der Waals surface area (Å²) in [5.41, 5.74) is 1.19. The number of nitrogens with one attached hydrogen (secondary N) is 1. The summed E-state index contributed by atoms with van der Waals surface area (Å²) < 4.78 is 10.3. The number of methoxy groups -OCH3 is 1. The second kappa shape index (κ2) is 5.89. The fraction of sp³-hybridized carbons (Fsp3) is 0.500. The van der Waals surface area contributed by atoms with Crippen molar-refractivity contribution in [1.82, 2.24) is 9.97 Å². The second-order valence-electron chi connectivity index (χ2n) is 5.14. The average molecular weight is 310 g/mol. The highest BCUT2D eigenvalue weighted by Gasteiger charge is 2.32. The van der Waals surface area contributed by atoms with Crippen LogP contribution in [0.15, 0.2) is 16.7 Å². The summed E-state index contributed by atoms with van der Waals surface area (Å²) in [6.45, 7) is 0. The molecule has 21 heavy (non-hydrogen) atoms. The lowest BCUT2D eigenvalue weighted by Crippen LogP contribution is -2.38. The molecule has 1 aliphatic carbocycles. The molecule has 1 fully saturated rings. The molecule has 0 amide bonds. The van der Waals surface area contributed by atoms with E-state index < -0.39 is 0 Å². The van der Waals surface area contributed by atoms with Crippen molar-refractivity contribution >= 4 is 34.5 Å². The zero-order valence-corrected chi connectivity index (χ0v) is 12.4. The minimum absolute atomic E-state index is 0.0366. The Hall–Kier alpha value is -1.82. The van der Waals surface area contributed by atoms with E-state index in [1.54, 1.807) is 12.3 Å². The van der Waals surface area contributed by atoms with Gasteiger partial charge in [-0.2, -0.15) is 4.98 Å². The Kier molecular flexibility index (Phi) is 3.96. The third-order valence-electron chi connectivity index (χ3n) is 3.87. The summed E-state index contributed by atoms with van der Waals surface area (Å²) >= 11 is 5.93. The lowest BCUT2D eigenvalue weighted by Gasteiger charge is -2.30. The molecule has 1 aliphatic rings. The molecule has 2 heterocycles. The van der Waals surface area contributed by atoms with Crippen LogP contribution in [0.4, 0.5) is 5.82 Å². The van der Waals surface area contributed by atoms with E-state index in [2.05, 4.69) is 15.3 Å². The number of hydrogen-bond acceptors (Lipinski definition) is 6. The molecule has 0 bridgehead atoms. The molecular formula is C14H16ClN3O3. The maximum absolute atomic E-state index is 11.9. The topological polar surface area (TPSA) is 77.2 Å². The monoisotopic (exact) mass is 309 g/mol. The summed E-state index contributed by atoms with van der Waals surface area (Å²) in [6.07, 6.45) is 5.32. The van der Waals surface area contributed by atoms with Gasteiger partial charge in [0.25, 0.3) is 0 Å². The third-order valence-corrected chi connectivity index (χ3v) is 4.04. The first-order valence-electron chi connectivity index (χ1n) is 6.94. The number of aromatic nitrogens is 2. The van der Waals surface area contributed by atoms with Crippen LogP contribution in [0.3, 0.4) is 0 Å². The molecule has 1 saturated carbocycles. The molecule has 112 valence electrons. The van der Waals surface area contributed by atoms with Crippen LogP contribution in [0, 0.1) is 5.92 Å². The van der Waals surface area contributed by atoms with E-state index in [-0.39, 0.29) is 23.2 Å². The maximum atomic E-state index is 11.9. The van der Waals surface area contributed by atoms with Crippen LogP contribution in [0.1, 0.15) is 25.7 Å². The quantitative estimate of drug-likeness (QED) is 0.693. The predicted molar refractivity (Wildman–Crippen MR) is 78.2 cm³/mol. The van der Waals surface area contributed by atoms with Gasteiger partial charge in [0.05, 0.1) is 19.3 Å². The summed E-state index contributed by atoms with van der Waals surface area (Å²) in [5.74, 6) is 0.154. The van der Waals surface area contributed by atoms with E-state index in [1.807, 2.05) is 0 Å². The predicted octanol–water partition coefficient (Wildman–Crippen LogP) is 3.02. The highest BCUT2D eigenvalue weighted by molar-refractivity contribution is 6.28. The number of hydrogen-bond donors (Lipinski definition) is 1. The first kappa shape index (κ1) is 14.1. The minimum Gasteiger partial charge on any atom is -0.469 e. The number of carbonyl (C=O) groups excluding carboxylic acids is 1. The van der Waals surface area contributed by atoms with Gasteiger partial charge in [0.1, 0.15) is 5.52 Å². The van der Waals surface area contributed by atoms with Crippen LogP contribution in [-0.2, 0) is 9.53 Å². The number of nitrogens with zero attached hydrogens (tertiary/aromatic N) is 2. The average Bonchev–Trinajstić information content (AvgIpc) is 2.95. The Bertz CT molecular complexity index is 658. The van der Waals surface area contributed by atoms with E-state index in [0.717, 1.165) is 25.7 Å². The van der Waals surface area contributed by atoms with Crippen molar-refractivity contribution in [1.29, 1.82) is 0 Å². The van der Waals surface area contributed by atoms with Crippen molar-refractivity contribution in [3.63, 3.8) is 0 Å². The first-order chi connectivity index (χ1) is 10.2. The molecule has 0 spiro atoms. The number of rotatable bonds is 3. The van der Waals surface area contributed by atoms with Crippen molar-refractivity contribution in [2.45, 2.75) is 31.7 Å². The van der Waals surface area contributed by atoms with Gasteiger partial charge in [0, 0.05) is 12.1 Å². The lowest BCUT2D eigenvalue weighted by molar-refractivity contribution is -0.146. The third kappa shape index (κ3) is 2.81. The number of esters is 1. The van der Waals surface area contributed by atoms with E-state index in [1.165, 1.54) is 7.11 Å². The van der Waals surface area contributed by atoms with Crippen molar-refractivity contribution < 1.29 is 13.9 Å². The van der Waals surface area contributed by atoms with Gasteiger partial charge in [-0.3, -0.25) is 4.79 Å². The fourth-order valence-electron chi connectivity index (χ4n) is 2.85. The molecule has 2 aromatic rings. The highest BCUT2D eigenvalue weighted by atomic mass is 35.5. The number of anilines is 1. The zero-order chi connectivity index (χ0) is 14.8. The number of fused-ring (bicyclic) bond motifs is 1. The molecule has 2 atom stereocenters. The van der Waals surface area contributed by atoms with Crippen molar-refractivity contribution in [2.75, 3.05) is 12.4 Å². The Balaban J connectivity index is 1.89. The molecule has 0 saturated heterocycles. The SMILES string of the molecule is COC(=O)[C@H]1CCCC[C@@H]1Nc1nc(Cl)nc2ccoc12. The molecule has 0 radical (unpaired) electrons. The van der Waals surface area contributed by atoms with Crippen LogP contribution in [0.2, 0.25) is 5.28 Å². The minimum atomic E-state index is -0.192. The molecule has 1 N–H and O–H groups in total. The summed E-state index contributed by atoms with van der Waals surface area (Å²) in [7, 11) is 1.42. The van der Waals surface area contributed by atoms with Crippen LogP contribution in [0.25, 0.3) is 11.1 Å².